The molecule has 82 valence electrons. The maximum absolute atomic E-state index is 9.12. The monoisotopic (exact) mass is 204 g/mol. The van der Waals surface area contributed by atoms with Crippen LogP contribution in [0.2, 0.25) is 0 Å². The summed E-state index contributed by atoms with van der Waals surface area (Å²) in [5.41, 5.74) is 2.57. The highest BCUT2D eigenvalue weighted by Gasteiger charge is 1.98. The number of benzene rings is 1. The summed E-state index contributed by atoms with van der Waals surface area (Å²) in [6, 6.07) is 8.52. The summed E-state index contributed by atoms with van der Waals surface area (Å²) in [5, 5.41) is 9.12. The normalized spacial score (nSPS) is 13.7. The number of hydrogen-bond acceptors (Lipinski definition) is 1. The van der Waals surface area contributed by atoms with Crippen LogP contribution in [0.1, 0.15) is 44.2 Å². The number of hydrogen-bond donors (Lipinski definition) is 1. The van der Waals surface area contributed by atoms with E-state index in [4.69, 9.17) is 5.11 Å². The quantitative estimate of drug-likeness (QED) is 0.794. The zero-order valence-electron chi connectivity index (χ0n) is 9.77. The van der Waals surface area contributed by atoms with Crippen molar-refractivity contribution in [1.29, 1.82) is 0 Å². The van der Waals surface area contributed by atoms with Crippen LogP contribution in [-0.2, 0) is 0 Å². The van der Waals surface area contributed by atoms with Crippen LogP contribution in [0.15, 0.2) is 30.3 Å². The van der Waals surface area contributed by atoms with Gasteiger partial charge in [-0.25, -0.2) is 0 Å². The van der Waals surface area contributed by atoms with Gasteiger partial charge in [0.25, 0.3) is 0 Å². The molecule has 0 aliphatic rings. The molecule has 1 aromatic rings. The molecule has 0 saturated carbocycles. The molecular weight excluding hydrogens is 184 g/mol. The van der Waals surface area contributed by atoms with Crippen molar-refractivity contribution < 1.29 is 5.11 Å². The molecule has 1 atom stereocenters. The molecule has 0 saturated heterocycles. The van der Waals surface area contributed by atoms with E-state index in [2.05, 4.69) is 44.2 Å². The molecule has 1 heteroatoms. The first kappa shape index (κ1) is 12.0. The van der Waals surface area contributed by atoms with Gasteiger partial charge < -0.3 is 5.11 Å². The average molecular weight is 204 g/mol. The van der Waals surface area contributed by atoms with Gasteiger partial charge in [-0.1, -0.05) is 50.3 Å². The zero-order valence-corrected chi connectivity index (χ0v) is 9.77. The highest BCUT2D eigenvalue weighted by atomic mass is 16.3. The van der Waals surface area contributed by atoms with Crippen molar-refractivity contribution in [2.45, 2.75) is 39.2 Å². The second-order valence-electron chi connectivity index (χ2n) is 4.31. The van der Waals surface area contributed by atoms with Gasteiger partial charge in [0, 0.05) is 0 Å². The molecular formula is C14H20O. The van der Waals surface area contributed by atoms with Crippen molar-refractivity contribution in [3.05, 3.63) is 41.5 Å². The predicted molar refractivity (Wildman–Crippen MR) is 65.9 cm³/mol. The molecule has 1 rings (SSSR count). The molecule has 0 amide bonds. The van der Waals surface area contributed by atoms with E-state index in [1.807, 2.05) is 6.08 Å². The first-order valence-electron chi connectivity index (χ1n) is 5.54. The highest BCUT2D eigenvalue weighted by Crippen LogP contribution is 2.16. The van der Waals surface area contributed by atoms with Crippen LogP contribution in [0.4, 0.5) is 0 Å². The van der Waals surface area contributed by atoms with Crippen LogP contribution in [0.25, 0.3) is 6.08 Å². The molecule has 0 unspecified atom stereocenters. The molecule has 0 aliphatic heterocycles. The minimum Gasteiger partial charge on any atom is -0.393 e. The van der Waals surface area contributed by atoms with E-state index in [0.717, 1.165) is 0 Å². The van der Waals surface area contributed by atoms with Crippen LogP contribution >= 0.6 is 0 Å². The first-order chi connectivity index (χ1) is 7.09. The van der Waals surface area contributed by atoms with Gasteiger partial charge in [0.2, 0.25) is 0 Å². The van der Waals surface area contributed by atoms with E-state index in [-0.39, 0.29) is 6.10 Å². The minimum absolute atomic E-state index is 0.255. The van der Waals surface area contributed by atoms with E-state index < -0.39 is 0 Å². The van der Waals surface area contributed by atoms with Crippen LogP contribution in [0.3, 0.4) is 0 Å². The Hall–Kier alpha value is -1.08. The minimum atomic E-state index is -0.255. The van der Waals surface area contributed by atoms with Crippen molar-refractivity contribution in [2.24, 2.45) is 0 Å². The summed E-state index contributed by atoms with van der Waals surface area (Å²) in [6.45, 7) is 6.19. The Labute approximate surface area is 92.5 Å². The standard InChI is InChI=1S/C14H20O/c1-11(2)14-9-5-8-13(10-14)7-4-6-12(3)15/h4-5,7-12,15H,6H2,1-3H3/t12-/m0/s1. The van der Waals surface area contributed by atoms with Gasteiger partial charge in [0.05, 0.1) is 6.10 Å². The van der Waals surface area contributed by atoms with Crippen molar-refractivity contribution in [2.75, 3.05) is 0 Å². The largest absolute Gasteiger partial charge is 0.393 e. The van der Waals surface area contributed by atoms with Crippen molar-refractivity contribution in [3.8, 4) is 0 Å². The van der Waals surface area contributed by atoms with Crippen LogP contribution in [0, 0.1) is 0 Å². The van der Waals surface area contributed by atoms with Crippen molar-refractivity contribution in [3.63, 3.8) is 0 Å². The van der Waals surface area contributed by atoms with E-state index >= 15 is 0 Å². The zero-order chi connectivity index (χ0) is 11.3. The molecule has 0 spiro atoms. The van der Waals surface area contributed by atoms with E-state index in [9.17, 15) is 0 Å². The number of rotatable bonds is 4. The topological polar surface area (TPSA) is 20.2 Å². The molecule has 1 aromatic carbocycles. The Balaban J connectivity index is 2.69. The molecule has 0 aliphatic carbocycles. The summed E-state index contributed by atoms with van der Waals surface area (Å²) >= 11 is 0. The number of aliphatic hydroxyl groups excluding tert-OH is 1. The van der Waals surface area contributed by atoms with Gasteiger partial charge in [0.1, 0.15) is 0 Å². The summed E-state index contributed by atoms with van der Waals surface area (Å²) in [4.78, 5) is 0. The highest BCUT2D eigenvalue weighted by molar-refractivity contribution is 5.50. The Kier molecular flexibility index (Phi) is 4.57. The third-order valence-electron chi connectivity index (χ3n) is 2.36. The molecule has 15 heavy (non-hydrogen) atoms. The van der Waals surface area contributed by atoms with Crippen LogP contribution in [0.5, 0.6) is 0 Å². The molecule has 1 nitrogen and oxygen atoms in total. The molecule has 0 aromatic heterocycles. The van der Waals surface area contributed by atoms with Gasteiger partial charge in [-0.3, -0.25) is 0 Å². The van der Waals surface area contributed by atoms with Crippen molar-refractivity contribution in [1.82, 2.24) is 0 Å². The first-order valence-corrected chi connectivity index (χ1v) is 5.54. The van der Waals surface area contributed by atoms with Gasteiger partial charge in [0.15, 0.2) is 0 Å². The Morgan fingerprint density at radius 3 is 2.60 bits per heavy atom. The van der Waals surface area contributed by atoms with Gasteiger partial charge in [-0.05, 0) is 30.4 Å². The molecule has 0 fully saturated rings. The second-order valence-corrected chi connectivity index (χ2v) is 4.31. The Morgan fingerprint density at radius 2 is 2.00 bits per heavy atom. The Morgan fingerprint density at radius 1 is 1.27 bits per heavy atom. The summed E-state index contributed by atoms with van der Waals surface area (Å²) < 4.78 is 0. The van der Waals surface area contributed by atoms with Gasteiger partial charge in [-0.2, -0.15) is 0 Å². The molecule has 0 bridgehead atoms. The Bertz CT molecular complexity index is 324. The smallest absolute Gasteiger partial charge is 0.0546 e. The predicted octanol–water partition coefficient (Wildman–Crippen LogP) is 3.59. The van der Waals surface area contributed by atoms with E-state index in [0.29, 0.717) is 12.3 Å². The van der Waals surface area contributed by atoms with Crippen LogP contribution < -0.4 is 0 Å². The van der Waals surface area contributed by atoms with E-state index in [1.165, 1.54) is 11.1 Å². The third-order valence-corrected chi connectivity index (χ3v) is 2.36. The average Bonchev–Trinajstić information content (AvgIpc) is 2.17. The van der Waals surface area contributed by atoms with Crippen LogP contribution in [-0.4, -0.2) is 11.2 Å². The van der Waals surface area contributed by atoms with Crippen molar-refractivity contribution >= 4 is 6.08 Å². The fraction of sp³-hybridized carbons (Fsp3) is 0.429. The molecule has 0 radical (unpaired) electrons. The lowest BCUT2D eigenvalue weighted by Crippen LogP contribution is -1.95. The maximum atomic E-state index is 9.12. The SMILES string of the molecule is CC(C)c1cccc(C=CC[C@H](C)O)c1. The fourth-order valence-electron chi connectivity index (χ4n) is 1.42. The van der Waals surface area contributed by atoms with E-state index in [1.54, 1.807) is 6.92 Å². The summed E-state index contributed by atoms with van der Waals surface area (Å²) in [7, 11) is 0. The maximum Gasteiger partial charge on any atom is 0.0546 e. The second kappa shape index (κ2) is 5.72. The summed E-state index contributed by atoms with van der Waals surface area (Å²) in [6.07, 6.45) is 4.55. The molecule has 1 N–H and O–H groups in total. The molecule has 0 heterocycles. The lowest BCUT2D eigenvalue weighted by atomic mass is 10.0. The lowest BCUT2D eigenvalue weighted by Gasteiger charge is -2.05. The number of aliphatic hydroxyl groups is 1. The van der Waals surface area contributed by atoms with Gasteiger partial charge in [-0.15, -0.1) is 0 Å². The fourth-order valence-corrected chi connectivity index (χ4v) is 1.42. The lowest BCUT2D eigenvalue weighted by molar-refractivity contribution is 0.199. The van der Waals surface area contributed by atoms with Gasteiger partial charge >= 0.3 is 0 Å². The third kappa shape index (κ3) is 4.30. The summed E-state index contributed by atoms with van der Waals surface area (Å²) in [5.74, 6) is 0.565.